The number of aryl methyl sites for hydroxylation is 1. The van der Waals surface area contributed by atoms with Crippen molar-refractivity contribution in [3.05, 3.63) is 72.3 Å². The van der Waals surface area contributed by atoms with E-state index in [1.54, 1.807) is 36.2 Å². The summed E-state index contributed by atoms with van der Waals surface area (Å²) in [6.45, 7) is 0. The minimum absolute atomic E-state index is 0.0104. The lowest BCUT2D eigenvalue weighted by Gasteiger charge is -2.07. The molecule has 0 saturated carbocycles. The van der Waals surface area contributed by atoms with Gasteiger partial charge < -0.3 is 9.88 Å². The van der Waals surface area contributed by atoms with Gasteiger partial charge in [0, 0.05) is 30.0 Å². The first-order valence-electron chi connectivity index (χ1n) is 7.40. The molecule has 122 valence electrons. The summed E-state index contributed by atoms with van der Waals surface area (Å²) in [4.78, 5) is 17.3. The monoisotopic (exact) mass is 341 g/mol. The van der Waals surface area contributed by atoms with Crippen LogP contribution in [0.25, 0.3) is 0 Å². The van der Waals surface area contributed by atoms with Crippen molar-refractivity contribution in [1.82, 2.24) is 9.55 Å². The highest BCUT2D eigenvalue weighted by molar-refractivity contribution is 7.99. The molecule has 1 aromatic heterocycles. The van der Waals surface area contributed by atoms with Crippen LogP contribution in [0.2, 0.25) is 0 Å². The SMILES string of the molecule is Cn1ccnc1Sc1ccc(NC(=O)Cc2ccccc2F)cc1. The first-order chi connectivity index (χ1) is 11.6. The Morgan fingerprint density at radius 2 is 1.96 bits per heavy atom. The second-order valence-electron chi connectivity index (χ2n) is 5.26. The smallest absolute Gasteiger partial charge is 0.228 e. The number of hydrogen-bond acceptors (Lipinski definition) is 3. The normalized spacial score (nSPS) is 10.6. The van der Waals surface area contributed by atoms with Crippen molar-refractivity contribution >= 4 is 23.4 Å². The molecule has 0 saturated heterocycles. The molecule has 0 bridgehead atoms. The topological polar surface area (TPSA) is 46.9 Å². The number of carbonyl (C=O) groups is 1. The molecule has 3 aromatic rings. The van der Waals surface area contributed by atoms with Crippen LogP contribution in [0.15, 0.2) is 71.0 Å². The highest BCUT2D eigenvalue weighted by Gasteiger charge is 2.08. The average molecular weight is 341 g/mol. The molecule has 0 aliphatic rings. The molecule has 0 radical (unpaired) electrons. The molecule has 0 unspecified atom stereocenters. The number of carbonyl (C=O) groups excluding carboxylic acids is 1. The van der Waals surface area contributed by atoms with E-state index in [1.165, 1.54) is 6.07 Å². The third-order valence-electron chi connectivity index (χ3n) is 3.43. The van der Waals surface area contributed by atoms with E-state index in [-0.39, 0.29) is 18.1 Å². The molecule has 1 heterocycles. The van der Waals surface area contributed by atoms with Crippen LogP contribution in [-0.2, 0) is 18.3 Å². The Balaban J connectivity index is 1.61. The third kappa shape index (κ3) is 4.02. The number of benzene rings is 2. The third-order valence-corrected chi connectivity index (χ3v) is 4.52. The minimum atomic E-state index is -0.366. The van der Waals surface area contributed by atoms with Gasteiger partial charge in [0.25, 0.3) is 0 Å². The standard InChI is InChI=1S/C18H16FN3OS/c1-22-11-10-20-18(22)24-15-8-6-14(7-9-15)21-17(23)12-13-4-2-3-5-16(13)19/h2-11H,12H2,1H3,(H,21,23). The van der Waals surface area contributed by atoms with E-state index in [1.807, 2.05) is 42.1 Å². The lowest BCUT2D eigenvalue weighted by Crippen LogP contribution is -2.15. The van der Waals surface area contributed by atoms with Gasteiger partial charge in [-0.15, -0.1) is 0 Å². The lowest BCUT2D eigenvalue weighted by atomic mass is 10.1. The molecule has 0 aliphatic carbocycles. The molecule has 6 heteroatoms. The molecule has 1 N–H and O–H groups in total. The van der Waals surface area contributed by atoms with E-state index in [0.717, 1.165) is 10.1 Å². The van der Waals surface area contributed by atoms with E-state index in [0.29, 0.717) is 11.3 Å². The van der Waals surface area contributed by atoms with Gasteiger partial charge in [-0.1, -0.05) is 30.0 Å². The maximum atomic E-state index is 13.6. The van der Waals surface area contributed by atoms with Crippen LogP contribution < -0.4 is 5.32 Å². The van der Waals surface area contributed by atoms with Crippen LogP contribution in [0.3, 0.4) is 0 Å². The van der Waals surface area contributed by atoms with E-state index in [2.05, 4.69) is 10.3 Å². The summed E-state index contributed by atoms with van der Waals surface area (Å²) in [5.41, 5.74) is 1.07. The van der Waals surface area contributed by atoms with Gasteiger partial charge in [-0.2, -0.15) is 0 Å². The van der Waals surface area contributed by atoms with Crippen LogP contribution in [0.1, 0.15) is 5.56 Å². The second-order valence-corrected chi connectivity index (χ2v) is 6.30. The van der Waals surface area contributed by atoms with Crippen LogP contribution in [0, 0.1) is 5.82 Å². The lowest BCUT2D eigenvalue weighted by molar-refractivity contribution is -0.115. The summed E-state index contributed by atoms with van der Waals surface area (Å²) in [6.07, 6.45) is 3.65. The molecule has 2 aromatic carbocycles. The molecule has 0 aliphatic heterocycles. The van der Waals surface area contributed by atoms with E-state index in [9.17, 15) is 9.18 Å². The summed E-state index contributed by atoms with van der Waals surface area (Å²) < 4.78 is 15.5. The Kier molecular flexibility index (Phi) is 4.96. The number of nitrogens with zero attached hydrogens (tertiary/aromatic N) is 2. The quantitative estimate of drug-likeness (QED) is 0.766. The summed E-state index contributed by atoms with van der Waals surface area (Å²) in [6, 6.07) is 13.8. The minimum Gasteiger partial charge on any atom is -0.329 e. The predicted octanol–water partition coefficient (Wildman–Crippen LogP) is 3.89. The van der Waals surface area contributed by atoms with Gasteiger partial charge >= 0.3 is 0 Å². The molecule has 0 fully saturated rings. The van der Waals surface area contributed by atoms with Crippen molar-refractivity contribution in [1.29, 1.82) is 0 Å². The van der Waals surface area contributed by atoms with Gasteiger partial charge in [-0.3, -0.25) is 4.79 Å². The number of nitrogens with one attached hydrogen (secondary N) is 1. The van der Waals surface area contributed by atoms with Gasteiger partial charge in [0.2, 0.25) is 5.91 Å². The summed E-state index contributed by atoms with van der Waals surface area (Å²) in [5, 5.41) is 3.67. The Morgan fingerprint density at radius 1 is 1.21 bits per heavy atom. The summed E-state index contributed by atoms with van der Waals surface area (Å²) >= 11 is 1.54. The fourth-order valence-electron chi connectivity index (χ4n) is 2.18. The maximum Gasteiger partial charge on any atom is 0.228 e. The van der Waals surface area contributed by atoms with Crippen molar-refractivity contribution in [2.45, 2.75) is 16.5 Å². The zero-order chi connectivity index (χ0) is 16.9. The van der Waals surface area contributed by atoms with Crippen molar-refractivity contribution in [3.8, 4) is 0 Å². The largest absolute Gasteiger partial charge is 0.329 e. The summed E-state index contributed by atoms with van der Waals surface area (Å²) in [5.74, 6) is -0.612. The van der Waals surface area contributed by atoms with Crippen molar-refractivity contribution in [2.24, 2.45) is 7.05 Å². The Bertz CT molecular complexity index is 845. The molecular weight excluding hydrogens is 325 g/mol. The number of imidazole rings is 1. The van der Waals surface area contributed by atoms with Crippen molar-refractivity contribution < 1.29 is 9.18 Å². The van der Waals surface area contributed by atoms with Crippen LogP contribution in [-0.4, -0.2) is 15.5 Å². The highest BCUT2D eigenvalue weighted by atomic mass is 32.2. The molecule has 3 rings (SSSR count). The maximum absolute atomic E-state index is 13.6. The Labute approximate surface area is 143 Å². The average Bonchev–Trinajstić information content (AvgIpc) is 2.96. The van der Waals surface area contributed by atoms with Gasteiger partial charge in [0.15, 0.2) is 5.16 Å². The van der Waals surface area contributed by atoms with Gasteiger partial charge in [-0.25, -0.2) is 9.37 Å². The van der Waals surface area contributed by atoms with Crippen LogP contribution in [0.4, 0.5) is 10.1 Å². The highest BCUT2D eigenvalue weighted by Crippen LogP contribution is 2.26. The number of anilines is 1. The number of hydrogen-bond donors (Lipinski definition) is 1. The zero-order valence-electron chi connectivity index (χ0n) is 13.1. The molecular formula is C18H16FN3OS. The first kappa shape index (κ1) is 16.3. The van der Waals surface area contributed by atoms with Crippen LogP contribution >= 0.6 is 11.8 Å². The van der Waals surface area contributed by atoms with Crippen molar-refractivity contribution in [2.75, 3.05) is 5.32 Å². The van der Waals surface area contributed by atoms with Crippen molar-refractivity contribution in [3.63, 3.8) is 0 Å². The zero-order valence-corrected chi connectivity index (χ0v) is 13.9. The molecule has 24 heavy (non-hydrogen) atoms. The Hall–Kier alpha value is -2.60. The van der Waals surface area contributed by atoms with Gasteiger partial charge in [-0.05, 0) is 35.9 Å². The van der Waals surface area contributed by atoms with E-state index in [4.69, 9.17) is 0 Å². The number of aromatic nitrogens is 2. The molecule has 0 atom stereocenters. The predicted molar refractivity (Wildman–Crippen MR) is 92.5 cm³/mol. The Morgan fingerprint density at radius 3 is 2.62 bits per heavy atom. The first-order valence-corrected chi connectivity index (χ1v) is 8.22. The van der Waals surface area contributed by atoms with Crippen LogP contribution in [0.5, 0.6) is 0 Å². The van der Waals surface area contributed by atoms with Gasteiger partial charge in [0.1, 0.15) is 5.82 Å². The van der Waals surface area contributed by atoms with E-state index < -0.39 is 0 Å². The molecule has 1 amide bonds. The fraction of sp³-hybridized carbons (Fsp3) is 0.111. The number of rotatable bonds is 5. The number of halogens is 1. The molecule has 0 spiro atoms. The fourth-order valence-corrected chi connectivity index (χ4v) is 2.98. The number of amides is 1. The van der Waals surface area contributed by atoms with Gasteiger partial charge in [0.05, 0.1) is 6.42 Å². The summed E-state index contributed by atoms with van der Waals surface area (Å²) in [7, 11) is 1.94. The second kappa shape index (κ2) is 7.31. The molecule has 4 nitrogen and oxygen atoms in total. The van der Waals surface area contributed by atoms with E-state index >= 15 is 0 Å².